The number of sulfonamides is 1. The van der Waals surface area contributed by atoms with Crippen LogP contribution >= 0.6 is 11.6 Å². The van der Waals surface area contributed by atoms with Crippen LogP contribution in [-0.2, 0) is 21.2 Å². The first kappa shape index (κ1) is 21.3. The Morgan fingerprint density at radius 3 is 2.47 bits per heavy atom. The van der Waals surface area contributed by atoms with Crippen molar-refractivity contribution < 1.29 is 13.2 Å². The molecular formula is C23H27ClN2O3S. The topological polar surface area (TPSA) is 66.5 Å². The number of amides is 1. The quantitative estimate of drug-likeness (QED) is 0.743. The maximum atomic E-state index is 13.4. The summed E-state index contributed by atoms with van der Waals surface area (Å²) >= 11 is 5.95. The molecule has 5 nitrogen and oxygen atoms in total. The number of hydrogen-bond acceptors (Lipinski definition) is 3. The molecule has 30 heavy (non-hydrogen) atoms. The van der Waals surface area contributed by atoms with E-state index >= 15 is 0 Å². The smallest absolute Gasteiger partial charge is 0.243 e. The lowest BCUT2D eigenvalue weighted by Gasteiger charge is -2.36. The third kappa shape index (κ3) is 4.41. The summed E-state index contributed by atoms with van der Waals surface area (Å²) in [5.41, 5.74) is 2.10. The standard InChI is InChI=1S/C23H27ClN2O3S/c24-19-10-12-20(13-11-19)30(28,29)26-15-14-17-6-4-5-9-21(17)22(26)16-25-23(27)18-7-2-1-3-8-18/h4-6,9-13,18,22H,1-3,7-8,14-16H2,(H,25,27). The molecular weight excluding hydrogens is 420 g/mol. The first-order valence-electron chi connectivity index (χ1n) is 10.6. The maximum absolute atomic E-state index is 13.4. The summed E-state index contributed by atoms with van der Waals surface area (Å²) in [7, 11) is -3.72. The molecule has 1 aliphatic carbocycles. The third-order valence-electron chi connectivity index (χ3n) is 6.23. The van der Waals surface area contributed by atoms with Crippen molar-refractivity contribution in [1.29, 1.82) is 0 Å². The van der Waals surface area contributed by atoms with Crippen molar-refractivity contribution in [3.8, 4) is 0 Å². The first-order valence-corrected chi connectivity index (χ1v) is 12.4. The van der Waals surface area contributed by atoms with Crippen LogP contribution in [0.2, 0.25) is 5.02 Å². The number of fused-ring (bicyclic) bond motifs is 1. The van der Waals surface area contributed by atoms with Gasteiger partial charge in [-0.25, -0.2) is 8.42 Å². The number of nitrogens with one attached hydrogen (secondary N) is 1. The van der Waals surface area contributed by atoms with Crippen LogP contribution in [0.1, 0.15) is 49.3 Å². The number of carbonyl (C=O) groups is 1. The molecule has 0 saturated heterocycles. The van der Waals surface area contributed by atoms with E-state index in [0.717, 1.165) is 36.8 Å². The summed E-state index contributed by atoms with van der Waals surface area (Å²) in [6.45, 7) is 0.658. The summed E-state index contributed by atoms with van der Waals surface area (Å²) in [6, 6.07) is 13.7. The van der Waals surface area contributed by atoms with Crippen molar-refractivity contribution in [3.05, 3.63) is 64.7 Å². The largest absolute Gasteiger partial charge is 0.354 e. The minimum absolute atomic E-state index is 0.0407. The number of halogens is 1. The molecule has 2 aromatic rings. The Morgan fingerprint density at radius 1 is 1.03 bits per heavy atom. The molecule has 0 bridgehead atoms. The van der Waals surface area contributed by atoms with Gasteiger partial charge in [0.1, 0.15) is 0 Å². The normalized spacial score (nSPS) is 20.5. The predicted molar refractivity (Wildman–Crippen MR) is 118 cm³/mol. The number of hydrogen-bond donors (Lipinski definition) is 1. The molecule has 1 N–H and O–H groups in total. The molecule has 2 aromatic carbocycles. The highest BCUT2D eigenvalue weighted by Gasteiger charge is 2.36. The van der Waals surface area contributed by atoms with Crippen LogP contribution in [0.25, 0.3) is 0 Å². The van der Waals surface area contributed by atoms with Gasteiger partial charge in [-0.15, -0.1) is 0 Å². The second-order valence-corrected chi connectivity index (χ2v) is 10.4. The number of benzene rings is 2. The van der Waals surface area contributed by atoms with Crippen LogP contribution in [0.5, 0.6) is 0 Å². The van der Waals surface area contributed by atoms with E-state index in [1.54, 1.807) is 12.1 Å². The molecule has 1 atom stereocenters. The van der Waals surface area contributed by atoms with E-state index in [1.165, 1.54) is 22.9 Å². The van der Waals surface area contributed by atoms with E-state index in [2.05, 4.69) is 5.32 Å². The van der Waals surface area contributed by atoms with Crippen LogP contribution in [-0.4, -0.2) is 31.7 Å². The zero-order valence-corrected chi connectivity index (χ0v) is 18.5. The van der Waals surface area contributed by atoms with Gasteiger partial charge in [-0.3, -0.25) is 4.79 Å². The van der Waals surface area contributed by atoms with E-state index in [9.17, 15) is 13.2 Å². The van der Waals surface area contributed by atoms with E-state index in [4.69, 9.17) is 11.6 Å². The maximum Gasteiger partial charge on any atom is 0.243 e. The van der Waals surface area contributed by atoms with Gasteiger partial charge in [0.2, 0.25) is 15.9 Å². The highest BCUT2D eigenvalue weighted by Crippen LogP contribution is 2.34. The van der Waals surface area contributed by atoms with Crippen LogP contribution in [0, 0.1) is 5.92 Å². The fraction of sp³-hybridized carbons (Fsp3) is 0.435. The fourth-order valence-electron chi connectivity index (χ4n) is 4.58. The highest BCUT2D eigenvalue weighted by molar-refractivity contribution is 7.89. The third-order valence-corrected chi connectivity index (χ3v) is 8.40. The van der Waals surface area contributed by atoms with E-state index < -0.39 is 16.1 Å². The van der Waals surface area contributed by atoms with Crippen LogP contribution < -0.4 is 5.32 Å². The highest BCUT2D eigenvalue weighted by atomic mass is 35.5. The van der Waals surface area contributed by atoms with Gasteiger partial charge >= 0.3 is 0 Å². The zero-order valence-electron chi connectivity index (χ0n) is 16.9. The molecule has 160 valence electrons. The Balaban J connectivity index is 1.60. The van der Waals surface area contributed by atoms with Gasteiger partial charge in [0.15, 0.2) is 0 Å². The van der Waals surface area contributed by atoms with Gasteiger partial charge in [-0.1, -0.05) is 55.1 Å². The molecule has 2 aliphatic rings. The van der Waals surface area contributed by atoms with Gasteiger partial charge in [-0.2, -0.15) is 4.31 Å². The first-order chi connectivity index (χ1) is 14.5. The van der Waals surface area contributed by atoms with E-state index in [0.29, 0.717) is 18.0 Å². The monoisotopic (exact) mass is 446 g/mol. The van der Waals surface area contributed by atoms with Gasteiger partial charge < -0.3 is 5.32 Å². The van der Waals surface area contributed by atoms with Crippen molar-refractivity contribution in [2.75, 3.05) is 13.1 Å². The summed E-state index contributed by atoms with van der Waals surface area (Å²) in [5.74, 6) is 0.0838. The van der Waals surface area contributed by atoms with Crippen LogP contribution in [0.4, 0.5) is 0 Å². The molecule has 0 radical (unpaired) electrons. The SMILES string of the molecule is O=C(NCC1c2ccccc2CCN1S(=O)(=O)c1ccc(Cl)cc1)C1CCCCC1. The fourth-order valence-corrected chi connectivity index (χ4v) is 6.31. The zero-order chi connectivity index (χ0) is 21.1. The van der Waals surface area contributed by atoms with E-state index in [1.807, 2.05) is 24.3 Å². The minimum Gasteiger partial charge on any atom is -0.354 e. The Labute approximate surface area is 183 Å². The summed E-state index contributed by atoms with van der Waals surface area (Å²) < 4.78 is 28.4. The van der Waals surface area contributed by atoms with Crippen molar-refractivity contribution in [2.45, 2.75) is 49.5 Å². The second-order valence-electron chi connectivity index (χ2n) is 8.11. The molecule has 1 saturated carbocycles. The summed E-state index contributed by atoms with van der Waals surface area (Å²) in [6.07, 6.45) is 5.84. The van der Waals surface area contributed by atoms with E-state index in [-0.39, 0.29) is 23.3 Å². The van der Waals surface area contributed by atoms with Crippen molar-refractivity contribution in [2.24, 2.45) is 5.92 Å². The van der Waals surface area contributed by atoms with Crippen molar-refractivity contribution >= 4 is 27.5 Å². The minimum atomic E-state index is -3.72. The molecule has 1 heterocycles. The number of carbonyl (C=O) groups excluding carboxylic acids is 1. The number of rotatable bonds is 5. The molecule has 0 aromatic heterocycles. The lowest BCUT2D eigenvalue weighted by atomic mass is 9.88. The van der Waals surface area contributed by atoms with Crippen LogP contribution in [0.15, 0.2) is 53.4 Å². The van der Waals surface area contributed by atoms with Gasteiger partial charge in [0.25, 0.3) is 0 Å². The molecule has 1 fully saturated rings. The van der Waals surface area contributed by atoms with Gasteiger partial charge in [0, 0.05) is 24.0 Å². The molecule has 1 aliphatic heterocycles. The predicted octanol–water partition coefficient (Wildman–Crippen LogP) is 4.32. The molecule has 7 heteroatoms. The molecule has 1 unspecified atom stereocenters. The summed E-state index contributed by atoms with van der Waals surface area (Å²) in [4.78, 5) is 12.9. The van der Waals surface area contributed by atoms with Crippen LogP contribution in [0.3, 0.4) is 0 Å². The summed E-state index contributed by atoms with van der Waals surface area (Å²) in [5, 5.41) is 3.55. The van der Waals surface area contributed by atoms with Crippen molar-refractivity contribution in [1.82, 2.24) is 9.62 Å². The molecule has 0 spiro atoms. The number of nitrogens with zero attached hydrogens (tertiary/aromatic N) is 1. The Morgan fingerprint density at radius 2 is 1.73 bits per heavy atom. The molecule has 4 rings (SSSR count). The molecule has 1 amide bonds. The Kier molecular flexibility index (Phi) is 6.46. The van der Waals surface area contributed by atoms with Crippen molar-refractivity contribution in [3.63, 3.8) is 0 Å². The lowest BCUT2D eigenvalue weighted by Crippen LogP contribution is -2.46. The Hall–Kier alpha value is -1.89. The average molecular weight is 447 g/mol. The average Bonchev–Trinajstić information content (AvgIpc) is 2.78. The second kappa shape index (κ2) is 9.08. The van der Waals surface area contributed by atoms with Gasteiger partial charge in [-0.05, 0) is 54.7 Å². The van der Waals surface area contributed by atoms with Gasteiger partial charge in [0.05, 0.1) is 10.9 Å². The Bertz CT molecular complexity index is 1000. The lowest BCUT2D eigenvalue weighted by molar-refractivity contribution is -0.126.